The number of ether oxygens (including phenoxy) is 2. The van der Waals surface area contributed by atoms with E-state index in [2.05, 4.69) is 27.8 Å². The Bertz CT molecular complexity index is 887. The maximum absolute atomic E-state index is 11.1. The molecule has 2 fully saturated rings. The Morgan fingerprint density at radius 1 is 1.16 bits per heavy atom. The van der Waals surface area contributed by atoms with Gasteiger partial charge in [0.2, 0.25) is 0 Å². The predicted octanol–water partition coefficient (Wildman–Crippen LogP) is 3.67. The number of aromatic nitrogens is 2. The molecule has 0 spiro atoms. The van der Waals surface area contributed by atoms with Crippen LogP contribution in [0.4, 0.5) is 4.79 Å². The number of hydrogen-bond donors (Lipinski definition) is 1. The summed E-state index contributed by atoms with van der Waals surface area (Å²) in [5.41, 5.74) is 3.50. The Kier molecular flexibility index (Phi) is 7.09. The lowest BCUT2D eigenvalue weighted by Gasteiger charge is -2.24. The van der Waals surface area contributed by atoms with E-state index >= 15 is 0 Å². The molecule has 2 aromatic rings. The highest BCUT2D eigenvalue weighted by molar-refractivity contribution is 5.83. The topological polar surface area (TPSA) is 80.1 Å². The maximum atomic E-state index is 11.1. The second-order valence-corrected chi connectivity index (χ2v) is 8.82. The van der Waals surface area contributed by atoms with Crippen LogP contribution in [0.2, 0.25) is 0 Å². The summed E-state index contributed by atoms with van der Waals surface area (Å²) in [5, 5.41) is 15.3. The molecule has 8 heteroatoms. The third-order valence-electron chi connectivity index (χ3n) is 6.49. The molecular formula is C23H34N4O4. The van der Waals surface area contributed by atoms with Gasteiger partial charge in [-0.05, 0) is 62.8 Å². The quantitative estimate of drug-likeness (QED) is 0.722. The fourth-order valence-electron chi connectivity index (χ4n) is 4.51. The highest BCUT2D eigenvalue weighted by atomic mass is 16.5. The van der Waals surface area contributed by atoms with Crippen LogP contribution in [0.3, 0.4) is 0 Å². The first-order valence-electron chi connectivity index (χ1n) is 11.4. The maximum Gasteiger partial charge on any atom is 0.407 e. The second-order valence-electron chi connectivity index (χ2n) is 8.82. The summed E-state index contributed by atoms with van der Waals surface area (Å²) in [6.45, 7) is 4.21. The molecule has 2 aliphatic heterocycles. The monoisotopic (exact) mass is 430 g/mol. The van der Waals surface area contributed by atoms with Gasteiger partial charge in [-0.15, -0.1) is 0 Å². The fourth-order valence-corrected chi connectivity index (χ4v) is 4.51. The van der Waals surface area contributed by atoms with Gasteiger partial charge in [-0.3, -0.25) is 4.90 Å². The minimum absolute atomic E-state index is 0.0117. The van der Waals surface area contributed by atoms with E-state index in [0.29, 0.717) is 25.6 Å². The molecule has 2 saturated heterocycles. The molecule has 1 N–H and O–H groups in total. The summed E-state index contributed by atoms with van der Waals surface area (Å²) >= 11 is 0. The van der Waals surface area contributed by atoms with Crippen molar-refractivity contribution in [3.63, 3.8) is 0 Å². The van der Waals surface area contributed by atoms with Crippen LogP contribution in [0.5, 0.6) is 0 Å². The summed E-state index contributed by atoms with van der Waals surface area (Å²) in [5.74, 6) is 0.530. The minimum Gasteiger partial charge on any atom is -0.465 e. The van der Waals surface area contributed by atoms with Crippen LogP contribution >= 0.6 is 0 Å². The lowest BCUT2D eigenvalue weighted by atomic mass is 9.91. The number of rotatable bonds is 7. The van der Waals surface area contributed by atoms with Crippen molar-refractivity contribution in [2.24, 2.45) is 0 Å². The van der Waals surface area contributed by atoms with Gasteiger partial charge in [-0.1, -0.05) is 6.07 Å². The van der Waals surface area contributed by atoms with Gasteiger partial charge >= 0.3 is 6.09 Å². The van der Waals surface area contributed by atoms with Crippen LogP contribution in [-0.2, 0) is 16.0 Å². The van der Waals surface area contributed by atoms with E-state index in [4.69, 9.17) is 19.7 Å². The molecule has 3 heterocycles. The lowest BCUT2D eigenvalue weighted by molar-refractivity contribution is -0.0370. The molecular weight excluding hydrogens is 396 g/mol. The van der Waals surface area contributed by atoms with Crippen molar-refractivity contribution in [3.8, 4) is 0 Å². The lowest BCUT2D eigenvalue weighted by Crippen LogP contribution is -2.33. The summed E-state index contributed by atoms with van der Waals surface area (Å²) in [7, 11) is 3.61. The van der Waals surface area contributed by atoms with E-state index in [9.17, 15) is 4.79 Å². The summed E-state index contributed by atoms with van der Waals surface area (Å²) in [6.07, 6.45) is 4.45. The summed E-state index contributed by atoms with van der Waals surface area (Å²) in [4.78, 5) is 14.5. The van der Waals surface area contributed by atoms with Gasteiger partial charge < -0.3 is 19.5 Å². The van der Waals surface area contributed by atoms with Gasteiger partial charge in [-0.25, -0.2) is 9.48 Å². The average Bonchev–Trinajstić information content (AvgIpc) is 3.16. The van der Waals surface area contributed by atoms with E-state index in [0.717, 1.165) is 63.1 Å². The van der Waals surface area contributed by atoms with E-state index in [1.165, 1.54) is 15.8 Å². The van der Waals surface area contributed by atoms with Gasteiger partial charge in [0.15, 0.2) is 6.23 Å². The zero-order chi connectivity index (χ0) is 21.8. The average molecular weight is 431 g/mol. The second kappa shape index (κ2) is 9.97. The van der Waals surface area contributed by atoms with Crippen LogP contribution in [-0.4, -0.2) is 77.8 Å². The SMILES string of the molecule is CN(CCN(C)C(=O)O)Cc1nn(C2CCCCO2)c2ccc(C3CCOCC3)cc12. The Morgan fingerprint density at radius 2 is 1.97 bits per heavy atom. The van der Waals surface area contributed by atoms with Crippen LogP contribution in [0.25, 0.3) is 10.9 Å². The van der Waals surface area contributed by atoms with E-state index in [1.54, 1.807) is 7.05 Å². The third-order valence-corrected chi connectivity index (χ3v) is 6.49. The first-order valence-corrected chi connectivity index (χ1v) is 11.4. The fraction of sp³-hybridized carbons (Fsp3) is 0.652. The van der Waals surface area contributed by atoms with Crippen LogP contribution in [0, 0.1) is 0 Å². The van der Waals surface area contributed by atoms with Gasteiger partial charge in [0.1, 0.15) is 0 Å². The summed E-state index contributed by atoms with van der Waals surface area (Å²) < 4.78 is 13.7. The van der Waals surface area contributed by atoms with E-state index < -0.39 is 6.09 Å². The van der Waals surface area contributed by atoms with E-state index in [1.807, 2.05) is 7.05 Å². The molecule has 0 radical (unpaired) electrons. The van der Waals surface area contributed by atoms with Crippen molar-refractivity contribution in [1.82, 2.24) is 19.6 Å². The number of amides is 1. The molecule has 170 valence electrons. The van der Waals surface area contributed by atoms with Crippen molar-refractivity contribution in [1.29, 1.82) is 0 Å². The minimum atomic E-state index is -0.904. The van der Waals surface area contributed by atoms with Gasteiger partial charge in [-0.2, -0.15) is 5.10 Å². The number of carbonyl (C=O) groups is 1. The number of carboxylic acid groups (broad SMARTS) is 1. The van der Waals surface area contributed by atoms with Gasteiger partial charge in [0.05, 0.1) is 11.2 Å². The molecule has 0 saturated carbocycles. The molecule has 1 aromatic carbocycles. The number of nitrogens with zero attached hydrogens (tertiary/aromatic N) is 4. The normalized spacial score (nSPS) is 20.4. The first-order chi connectivity index (χ1) is 15.0. The molecule has 1 atom stereocenters. The zero-order valence-electron chi connectivity index (χ0n) is 18.6. The number of benzene rings is 1. The van der Waals surface area contributed by atoms with Gasteiger partial charge in [0.25, 0.3) is 0 Å². The number of likely N-dealkylation sites (N-methyl/N-ethyl adjacent to an activating group) is 2. The van der Waals surface area contributed by atoms with Crippen LogP contribution in [0.1, 0.15) is 55.5 Å². The molecule has 31 heavy (non-hydrogen) atoms. The molecule has 0 aliphatic carbocycles. The predicted molar refractivity (Wildman–Crippen MR) is 118 cm³/mol. The first kappa shape index (κ1) is 22.0. The Balaban J connectivity index is 1.60. The molecule has 1 unspecified atom stereocenters. The molecule has 1 aromatic heterocycles. The highest BCUT2D eigenvalue weighted by Crippen LogP contribution is 2.33. The molecule has 8 nitrogen and oxygen atoms in total. The molecule has 0 bridgehead atoms. The van der Waals surface area contributed by atoms with Gasteiger partial charge in [0, 0.05) is 51.9 Å². The van der Waals surface area contributed by atoms with E-state index in [-0.39, 0.29) is 6.23 Å². The number of fused-ring (bicyclic) bond motifs is 1. The Labute approximate surface area is 183 Å². The Morgan fingerprint density at radius 3 is 2.68 bits per heavy atom. The molecule has 4 rings (SSSR count). The number of hydrogen-bond acceptors (Lipinski definition) is 5. The Hall–Kier alpha value is -2.16. The third kappa shape index (κ3) is 5.19. The van der Waals surface area contributed by atoms with Crippen molar-refractivity contribution in [3.05, 3.63) is 29.5 Å². The van der Waals surface area contributed by atoms with Crippen LogP contribution < -0.4 is 0 Å². The standard InChI is InChI=1S/C23H34N4O4/c1-25(10-11-26(2)23(28)29)16-20-19-15-18(17-8-13-30-14-9-17)6-7-21(19)27(24-20)22-5-3-4-12-31-22/h6-7,15,17,22H,3-5,8-14,16H2,1-2H3,(H,28,29). The summed E-state index contributed by atoms with van der Waals surface area (Å²) in [6, 6.07) is 6.76. The van der Waals surface area contributed by atoms with Crippen molar-refractivity contribution in [2.45, 2.75) is 50.8 Å². The largest absolute Gasteiger partial charge is 0.465 e. The van der Waals surface area contributed by atoms with Crippen LogP contribution in [0.15, 0.2) is 18.2 Å². The van der Waals surface area contributed by atoms with Crippen molar-refractivity contribution in [2.75, 3.05) is 47.0 Å². The smallest absolute Gasteiger partial charge is 0.407 e. The molecule has 1 amide bonds. The molecule has 2 aliphatic rings. The highest BCUT2D eigenvalue weighted by Gasteiger charge is 2.23. The van der Waals surface area contributed by atoms with Crippen molar-refractivity contribution >= 4 is 17.0 Å². The van der Waals surface area contributed by atoms with Crippen molar-refractivity contribution < 1.29 is 19.4 Å². The zero-order valence-corrected chi connectivity index (χ0v) is 18.6.